The summed E-state index contributed by atoms with van der Waals surface area (Å²) in [5.41, 5.74) is 2.71. The third kappa shape index (κ3) is 5.50. The van der Waals surface area contributed by atoms with Crippen LogP contribution < -0.4 is 4.74 Å². The highest BCUT2D eigenvalue weighted by atomic mass is 32.2. The molecule has 0 atom stereocenters. The predicted octanol–water partition coefficient (Wildman–Crippen LogP) is 5.28. The van der Waals surface area contributed by atoms with Crippen molar-refractivity contribution in [2.24, 2.45) is 0 Å². The van der Waals surface area contributed by atoms with E-state index in [1.807, 2.05) is 50.4 Å². The molecule has 0 spiro atoms. The number of aliphatic hydroxyl groups is 2. The first kappa shape index (κ1) is 25.1. The minimum atomic E-state index is -1.62. The number of hydrogen-bond donors (Lipinski definition) is 2. The summed E-state index contributed by atoms with van der Waals surface area (Å²) in [5.74, 6) is 0.610. The van der Waals surface area contributed by atoms with Crippen molar-refractivity contribution in [1.29, 1.82) is 0 Å². The van der Waals surface area contributed by atoms with E-state index in [9.17, 15) is 15.0 Å². The van der Waals surface area contributed by atoms with Crippen molar-refractivity contribution < 1.29 is 28.9 Å². The van der Waals surface area contributed by atoms with Gasteiger partial charge in [0.2, 0.25) is 5.78 Å². The number of aryl methyl sites for hydroxylation is 2. The largest absolute Gasteiger partial charge is 0.482 e. The maximum absolute atomic E-state index is 13.0. The summed E-state index contributed by atoms with van der Waals surface area (Å²) in [6.07, 6.45) is 3.59. The first-order valence-corrected chi connectivity index (χ1v) is 11.8. The van der Waals surface area contributed by atoms with E-state index in [4.69, 9.17) is 13.9 Å². The van der Waals surface area contributed by atoms with E-state index >= 15 is 0 Å². The van der Waals surface area contributed by atoms with Crippen molar-refractivity contribution in [1.82, 2.24) is 0 Å². The van der Waals surface area contributed by atoms with E-state index in [1.165, 1.54) is 6.08 Å². The van der Waals surface area contributed by atoms with Gasteiger partial charge in [-0.05, 0) is 87.0 Å². The van der Waals surface area contributed by atoms with Crippen LogP contribution in [0, 0.1) is 13.8 Å². The zero-order chi connectivity index (χ0) is 24.3. The van der Waals surface area contributed by atoms with E-state index in [2.05, 4.69) is 0 Å². The summed E-state index contributed by atoms with van der Waals surface area (Å²) in [6, 6.07) is 9.64. The lowest BCUT2D eigenvalue weighted by molar-refractivity contribution is -0.154. The number of allylic oxidation sites excluding steroid dienone is 1. The van der Waals surface area contributed by atoms with E-state index in [0.717, 1.165) is 32.5 Å². The molecule has 0 fully saturated rings. The average molecular weight is 471 g/mol. The Morgan fingerprint density at radius 3 is 2.42 bits per heavy atom. The highest BCUT2D eigenvalue weighted by Crippen LogP contribution is 2.32. The molecule has 2 aromatic carbocycles. The smallest absolute Gasteiger partial charge is 0.221 e. The predicted molar refractivity (Wildman–Crippen MR) is 131 cm³/mol. The monoisotopic (exact) mass is 470 g/mol. The van der Waals surface area contributed by atoms with E-state index < -0.39 is 11.9 Å². The molecule has 176 valence electrons. The Labute approximate surface area is 198 Å². The molecule has 3 aromatic rings. The third-order valence-electron chi connectivity index (χ3n) is 5.41. The molecule has 33 heavy (non-hydrogen) atoms. The molecule has 1 aromatic heterocycles. The first-order valence-electron chi connectivity index (χ1n) is 10.5. The van der Waals surface area contributed by atoms with Crippen LogP contribution in [-0.2, 0) is 11.3 Å². The van der Waals surface area contributed by atoms with Gasteiger partial charge in [-0.25, -0.2) is 0 Å². The van der Waals surface area contributed by atoms with Gasteiger partial charge in [0.25, 0.3) is 0 Å². The zero-order valence-corrected chi connectivity index (χ0v) is 20.6. The first-order chi connectivity index (χ1) is 15.6. The molecule has 0 unspecified atom stereocenters. The molecule has 6 nitrogen and oxygen atoms in total. The van der Waals surface area contributed by atoms with E-state index in [1.54, 1.807) is 38.8 Å². The average Bonchev–Trinajstić information content (AvgIpc) is 3.12. The normalized spacial score (nSPS) is 12.3. The molecule has 0 saturated carbocycles. The molecule has 7 heteroatoms. The molecule has 3 rings (SSSR count). The molecule has 1 heterocycles. The van der Waals surface area contributed by atoms with Crippen molar-refractivity contribution in [3.05, 3.63) is 64.4 Å². The van der Waals surface area contributed by atoms with Crippen LogP contribution in [-0.4, -0.2) is 41.3 Å². The van der Waals surface area contributed by atoms with Crippen LogP contribution in [0.5, 0.6) is 5.75 Å². The minimum absolute atomic E-state index is 0.246. The van der Waals surface area contributed by atoms with Crippen LogP contribution in [0.1, 0.15) is 46.7 Å². The van der Waals surface area contributed by atoms with Crippen LogP contribution in [0.15, 0.2) is 45.7 Å². The van der Waals surface area contributed by atoms with Crippen LogP contribution in [0.4, 0.5) is 0 Å². The molecular weight excluding hydrogens is 440 g/mol. The Hall–Kier alpha value is -2.58. The summed E-state index contributed by atoms with van der Waals surface area (Å²) in [4.78, 5) is 14.1. The fraction of sp³-hybridized carbons (Fsp3) is 0.346. The molecule has 0 aliphatic rings. The van der Waals surface area contributed by atoms with Crippen LogP contribution >= 0.6 is 11.8 Å². The van der Waals surface area contributed by atoms with Crippen LogP contribution in [0.3, 0.4) is 0 Å². The Morgan fingerprint density at radius 1 is 1.18 bits per heavy atom. The SMILES string of the molecule is COCc1c(C(=O)/C=C/c2cc(C)c(OC(C)(C)C(O)O)c(C)c2)oc2cc(SC)ccc12. The van der Waals surface area contributed by atoms with Crippen LogP contribution in [0.2, 0.25) is 0 Å². The summed E-state index contributed by atoms with van der Waals surface area (Å²) < 4.78 is 17.1. The number of ether oxygens (including phenoxy) is 2. The Morgan fingerprint density at radius 2 is 1.85 bits per heavy atom. The van der Waals surface area contributed by atoms with Gasteiger partial charge < -0.3 is 24.1 Å². The number of fused-ring (bicyclic) bond motifs is 1. The number of thioether (sulfide) groups is 1. The van der Waals surface area contributed by atoms with Crippen molar-refractivity contribution in [2.75, 3.05) is 13.4 Å². The molecule has 2 N–H and O–H groups in total. The fourth-order valence-corrected chi connectivity index (χ4v) is 3.98. The summed E-state index contributed by atoms with van der Waals surface area (Å²) in [7, 11) is 1.59. The number of ketones is 1. The van der Waals surface area contributed by atoms with Crippen LogP contribution in [0.25, 0.3) is 17.0 Å². The van der Waals surface area contributed by atoms with Crippen molar-refractivity contribution in [2.45, 2.75) is 51.1 Å². The second kappa shape index (κ2) is 10.1. The van der Waals surface area contributed by atoms with E-state index in [-0.39, 0.29) is 18.2 Å². The maximum atomic E-state index is 13.0. The lowest BCUT2D eigenvalue weighted by Crippen LogP contribution is -2.42. The quantitative estimate of drug-likeness (QED) is 0.190. The molecule has 0 aliphatic carbocycles. The lowest BCUT2D eigenvalue weighted by atomic mass is 10.0. The number of furan rings is 1. The van der Waals surface area contributed by atoms with Crippen molar-refractivity contribution in [3.8, 4) is 5.75 Å². The lowest BCUT2D eigenvalue weighted by Gasteiger charge is -2.29. The highest BCUT2D eigenvalue weighted by Gasteiger charge is 2.29. The summed E-state index contributed by atoms with van der Waals surface area (Å²) in [6.45, 7) is 7.24. The molecule has 0 amide bonds. The van der Waals surface area contributed by atoms with Gasteiger partial charge in [-0.15, -0.1) is 11.8 Å². The Bertz CT molecular complexity index is 1170. The number of methoxy groups -OCH3 is 1. The van der Waals surface area contributed by atoms with Gasteiger partial charge >= 0.3 is 0 Å². The van der Waals surface area contributed by atoms with Gasteiger partial charge in [0, 0.05) is 23.0 Å². The molecule has 0 radical (unpaired) electrons. The number of aliphatic hydroxyl groups excluding tert-OH is 1. The maximum Gasteiger partial charge on any atom is 0.221 e. The zero-order valence-electron chi connectivity index (χ0n) is 19.8. The van der Waals surface area contributed by atoms with E-state index in [0.29, 0.717) is 11.3 Å². The number of carbonyl (C=O) groups is 1. The van der Waals surface area contributed by atoms with Gasteiger partial charge in [0.15, 0.2) is 17.7 Å². The summed E-state index contributed by atoms with van der Waals surface area (Å²) >= 11 is 1.61. The molecule has 0 saturated heterocycles. The van der Waals surface area contributed by atoms with Gasteiger partial charge in [-0.2, -0.15) is 0 Å². The van der Waals surface area contributed by atoms with Crippen molar-refractivity contribution in [3.63, 3.8) is 0 Å². The minimum Gasteiger partial charge on any atom is -0.482 e. The van der Waals surface area contributed by atoms with Crippen molar-refractivity contribution >= 4 is 34.6 Å². The van der Waals surface area contributed by atoms with Gasteiger partial charge in [0.1, 0.15) is 11.3 Å². The molecule has 0 bridgehead atoms. The topological polar surface area (TPSA) is 89.1 Å². The summed E-state index contributed by atoms with van der Waals surface area (Å²) in [5, 5.41) is 19.9. The second-order valence-corrected chi connectivity index (χ2v) is 9.35. The number of rotatable bonds is 9. The number of carbonyl (C=O) groups excluding carboxylic acids is 1. The third-order valence-corrected chi connectivity index (χ3v) is 6.13. The van der Waals surface area contributed by atoms with Gasteiger partial charge in [-0.1, -0.05) is 6.08 Å². The highest BCUT2D eigenvalue weighted by molar-refractivity contribution is 7.98. The number of benzene rings is 2. The second-order valence-electron chi connectivity index (χ2n) is 8.47. The standard InChI is InChI=1S/C26H30O6S/c1-15-11-17(12-16(2)23(15)32-26(3,4)25(28)29)7-10-21(27)24-20(14-30-5)19-9-8-18(33-6)13-22(19)31-24/h7-13,25,28-29H,14H2,1-6H3/b10-7+. The number of hydrogen-bond acceptors (Lipinski definition) is 7. The van der Waals surface area contributed by atoms with Gasteiger partial charge in [-0.3, -0.25) is 4.79 Å². The molecular formula is C26H30O6S. The molecule has 0 aliphatic heterocycles. The Kier molecular flexibility index (Phi) is 7.69. The van der Waals surface area contributed by atoms with Gasteiger partial charge in [0.05, 0.1) is 6.61 Å². The fourth-order valence-electron chi connectivity index (χ4n) is 3.55. The Balaban J connectivity index is 1.90.